The molecule has 1 fully saturated rings. The van der Waals surface area contributed by atoms with E-state index in [0.29, 0.717) is 57.2 Å². The molecule has 1 atom stereocenters. The van der Waals surface area contributed by atoms with Crippen LogP contribution in [0.4, 0.5) is 13.2 Å². The van der Waals surface area contributed by atoms with Gasteiger partial charge in [0.1, 0.15) is 6.04 Å². The Kier molecular flexibility index (Phi) is 8.31. The molecule has 1 saturated heterocycles. The lowest BCUT2D eigenvalue weighted by molar-refractivity contribution is -0.181. The fourth-order valence-electron chi connectivity index (χ4n) is 3.26. The van der Waals surface area contributed by atoms with Crippen molar-refractivity contribution in [3.05, 3.63) is 35.4 Å². The zero-order valence-electron chi connectivity index (χ0n) is 17.2. The highest BCUT2D eigenvalue weighted by Crippen LogP contribution is 2.25. The Morgan fingerprint density at radius 2 is 1.93 bits per heavy atom. The Hall–Kier alpha value is -2.29. The number of amides is 1. The first-order chi connectivity index (χ1) is 13.8. The maximum absolute atomic E-state index is 12.9. The summed E-state index contributed by atoms with van der Waals surface area (Å²) in [6.45, 7) is 6.07. The Morgan fingerprint density at radius 1 is 1.24 bits per heavy atom. The molecule has 0 spiro atoms. The van der Waals surface area contributed by atoms with Crippen LogP contribution in [-0.2, 0) is 6.42 Å². The van der Waals surface area contributed by atoms with Gasteiger partial charge in [-0.1, -0.05) is 12.1 Å². The van der Waals surface area contributed by atoms with E-state index in [1.807, 2.05) is 30.0 Å². The number of benzene rings is 1. The molecule has 1 aromatic rings. The Morgan fingerprint density at radius 3 is 2.52 bits per heavy atom. The average molecular weight is 413 g/mol. The third-order valence-electron chi connectivity index (χ3n) is 5.05. The summed E-state index contributed by atoms with van der Waals surface area (Å²) < 4.78 is 38.8. The quantitative estimate of drug-likeness (QED) is 0.554. The van der Waals surface area contributed by atoms with Crippen LogP contribution in [0.5, 0.6) is 0 Å². The Labute approximate surface area is 170 Å². The third-order valence-corrected chi connectivity index (χ3v) is 5.05. The number of piperazine rings is 1. The van der Waals surface area contributed by atoms with Crippen LogP contribution in [0, 0.1) is 0 Å². The van der Waals surface area contributed by atoms with Crippen LogP contribution in [0.1, 0.15) is 29.8 Å². The van der Waals surface area contributed by atoms with E-state index in [9.17, 15) is 18.0 Å². The van der Waals surface area contributed by atoms with Crippen molar-refractivity contribution >= 4 is 11.9 Å². The van der Waals surface area contributed by atoms with Crippen molar-refractivity contribution in [3.63, 3.8) is 0 Å². The van der Waals surface area contributed by atoms with Gasteiger partial charge in [-0.25, -0.2) is 0 Å². The standard InChI is InChI=1S/C20H30F3N5O/c1-4-25-19(28-12-10-27(11-13-28)15(2)20(21,22)23)26-9-8-16-6-5-7-17(14-16)18(29)24-3/h5-7,14-15H,4,8-13H2,1-3H3,(H,24,29)(H,25,26). The molecular formula is C20H30F3N5O. The summed E-state index contributed by atoms with van der Waals surface area (Å²) >= 11 is 0. The highest BCUT2D eigenvalue weighted by Gasteiger charge is 2.41. The molecule has 0 saturated carbocycles. The van der Waals surface area contributed by atoms with E-state index in [0.717, 1.165) is 5.56 Å². The maximum atomic E-state index is 12.9. The molecule has 0 aromatic heterocycles. The van der Waals surface area contributed by atoms with Crippen LogP contribution in [0.3, 0.4) is 0 Å². The first kappa shape index (κ1) is 23.0. The zero-order valence-corrected chi connectivity index (χ0v) is 17.2. The summed E-state index contributed by atoms with van der Waals surface area (Å²) in [6.07, 6.45) is -3.53. The summed E-state index contributed by atoms with van der Waals surface area (Å²) in [5.41, 5.74) is 1.62. The second-order valence-electron chi connectivity index (χ2n) is 7.01. The van der Waals surface area contributed by atoms with Gasteiger partial charge in [0, 0.05) is 51.9 Å². The van der Waals surface area contributed by atoms with Crippen molar-refractivity contribution in [3.8, 4) is 0 Å². The number of guanidine groups is 1. The molecule has 1 unspecified atom stereocenters. The number of carbonyl (C=O) groups excluding carboxylic acids is 1. The average Bonchev–Trinajstić information content (AvgIpc) is 2.71. The summed E-state index contributed by atoms with van der Waals surface area (Å²) in [5.74, 6) is 0.587. The second-order valence-corrected chi connectivity index (χ2v) is 7.01. The molecule has 2 N–H and O–H groups in total. The van der Waals surface area contributed by atoms with E-state index in [-0.39, 0.29) is 5.91 Å². The molecule has 1 aliphatic rings. The number of aliphatic imine (C=N–C) groups is 1. The van der Waals surface area contributed by atoms with Gasteiger partial charge in [-0.2, -0.15) is 13.2 Å². The smallest absolute Gasteiger partial charge is 0.357 e. The normalized spacial score (nSPS) is 17.2. The zero-order chi connectivity index (χ0) is 21.4. The number of carbonyl (C=O) groups is 1. The highest BCUT2D eigenvalue weighted by atomic mass is 19.4. The minimum Gasteiger partial charge on any atom is -0.357 e. The van der Waals surface area contributed by atoms with Gasteiger partial charge in [0.25, 0.3) is 5.91 Å². The maximum Gasteiger partial charge on any atom is 0.403 e. The Bertz CT molecular complexity index is 700. The molecule has 6 nitrogen and oxygen atoms in total. The summed E-state index contributed by atoms with van der Waals surface area (Å²) in [7, 11) is 1.59. The van der Waals surface area contributed by atoms with Gasteiger partial charge >= 0.3 is 6.18 Å². The van der Waals surface area contributed by atoms with Crippen molar-refractivity contribution < 1.29 is 18.0 Å². The lowest BCUT2D eigenvalue weighted by atomic mass is 10.1. The molecule has 1 aromatic carbocycles. The van der Waals surface area contributed by atoms with Crippen LogP contribution in [0.15, 0.2) is 29.3 Å². The van der Waals surface area contributed by atoms with Crippen molar-refractivity contribution in [1.29, 1.82) is 0 Å². The van der Waals surface area contributed by atoms with Crippen LogP contribution >= 0.6 is 0 Å². The summed E-state index contributed by atoms with van der Waals surface area (Å²) in [5, 5.41) is 5.83. The molecular weight excluding hydrogens is 383 g/mol. The molecule has 1 heterocycles. The van der Waals surface area contributed by atoms with Gasteiger partial charge in [0.2, 0.25) is 0 Å². The van der Waals surface area contributed by atoms with Crippen LogP contribution in [-0.4, -0.2) is 80.2 Å². The number of nitrogens with one attached hydrogen (secondary N) is 2. The van der Waals surface area contributed by atoms with Crippen LogP contribution < -0.4 is 10.6 Å². The number of alkyl halides is 3. The predicted octanol–water partition coefficient (Wildman–Crippen LogP) is 2.12. The molecule has 9 heteroatoms. The minimum atomic E-state index is -4.20. The van der Waals surface area contributed by atoms with E-state index in [1.54, 1.807) is 13.1 Å². The van der Waals surface area contributed by atoms with E-state index in [1.165, 1.54) is 11.8 Å². The SMILES string of the molecule is CCNC(=NCCc1cccc(C(=O)NC)c1)N1CCN(C(C)C(F)(F)F)CC1. The fraction of sp³-hybridized carbons (Fsp3) is 0.600. The van der Waals surface area contributed by atoms with Crippen molar-refractivity contribution in [2.45, 2.75) is 32.5 Å². The first-order valence-corrected chi connectivity index (χ1v) is 9.91. The van der Waals surface area contributed by atoms with Gasteiger partial charge in [-0.15, -0.1) is 0 Å². The fourth-order valence-corrected chi connectivity index (χ4v) is 3.26. The van der Waals surface area contributed by atoms with E-state index in [2.05, 4.69) is 15.6 Å². The van der Waals surface area contributed by atoms with Gasteiger partial charge in [-0.3, -0.25) is 14.7 Å². The van der Waals surface area contributed by atoms with Crippen molar-refractivity contribution in [2.24, 2.45) is 4.99 Å². The largest absolute Gasteiger partial charge is 0.403 e. The minimum absolute atomic E-state index is 0.130. The first-order valence-electron chi connectivity index (χ1n) is 9.91. The number of rotatable bonds is 6. The van der Waals surface area contributed by atoms with Crippen LogP contribution in [0.25, 0.3) is 0 Å². The molecule has 162 valence electrons. The van der Waals surface area contributed by atoms with E-state index < -0.39 is 12.2 Å². The van der Waals surface area contributed by atoms with Crippen molar-refractivity contribution in [1.82, 2.24) is 20.4 Å². The number of hydrogen-bond acceptors (Lipinski definition) is 3. The molecule has 1 amide bonds. The van der Waals surface area contributed by atoms with Gasteiger partial charge in [0.05, 0.1) is 0 Å². The lowest BCUT2D eigenvalue weighted by Crippen LogP contribution is -2.56. The number of hydrogen-bond donors (Lipinski definition) is 2. The Balaban J connectivity index is 1.94. The molecule has 0 radical (unpaired) electrons. The topological polar surface area (TPSA) is 60.0 Å². The molecule has 2 rings (SSSR count). The summed E-state index contributed by atoms with van der Waals surface area (Å²) in [4.78, 5) is 19.8. The van der Waals surface area contributed by atoms with E-state index in [4.69, 9.17) is 0 Å². The number of nitrogens with zero attached hydrogens (tertiary/aromatic N) is 3. The number of halogens is 3. The second kappa shape index (κ2) is 10.5. The van der Waals surface area contributed by atoms with Gasteiger partial charge in [0.15, 0.2) is 5.96 Å². The summed E-state index contributed by atoms with van der Waals surface area (Å²) in [6, 6.07) is 5.97. The lowest BCUT2D eigenvalue weighted by Gasteiger charge is -2.39. The van der Waals surface area contributed by atoms with E-state index >= 15 is 0 Å². The molecule has 0 aliphatic carbocycles. The van der Waals surface area contributed by atoms with Crippen molar-refractivity contribution in [2.75, 3.05) is 46.3 Å². The molecule has 29 heavy (non-hydrogen) atoms. The highest BCUT2D eigenvalue weighted by molar-refractivity contribution is 5.94. The van der Waals surface area contributed by atoms with Gasteiger partial charge < -0.3 is 15.5 Å². The third kappa shape index (κ3) is 6.62. The monoisotopic (exact) mass is 413 g/mol. The predicted molar refractivity (Wildman–Crippen MR) is 108 cm³/mol. The molecule has 1 aliphatic heterocycles. The molecule has 0 bridgehead atoms. The van der Waals surface area contributed by atoms with Gasteiger partial charge in [-0.05, 0) is 38.0 Å². The van der Waals surface area contributed by atoms with Crippen LogP contribution in [0.2, 0.25) is 0 Å².